The molecule has 1 aliphatic heterocycles. The zero-order chi connectivity index (χ0) is 20.2. The minimum atomic E-state index is -0.377. The van der Waals surface area contributed by atoms with E-state index < -0.39 is 0 Å². The predicted molar refractivity (Wildman–Crippen MR) is 105 cm³/mol. The fourth-order valence-electron chi connectivity index (χ4n) is 3.80. The molecule has 0 N–H and O–H groups in total. The number of imidazole rings is 1. The molecule has 1 aliphatic carbocycles. The van der Waals surface area contributed by atoms with Gasteiger partial charge in [-0.3, -0.25) is 4.40 Å². The van der Waals surface area contributed by atoms with Crippen LogP contribution in [0.2, 0.25) is 0 Å². The molecule has 30 heavy (non-hydrogen) atoms. The second-order valence-corrected chi connectivity index (χ2v) is 7.64. The lowest BCUT2D eigenvalue weighted by Crippen LogP contribution is -2.30. The molecule has 9 nitrogen and oxygen atoms in total. The summed E-state index contributed by atoms with van der Waals surface area (Å²) in [6, 6.07) is 4.93. The van der Waals surface area contributed by atoms with E-state index in [0.29, 0.717) is 65.5 Å². The summed E-state index contributed by atoms with van der Waals surface area (Å²) in [6.07, 6.45) is 3.36. The van der Waals surface area contributed by atoms with Crippen LogP contribution in [0, 0.1) is 5.82 Å². The molecule has 1 saturated heterocycles. The first-order chi connectivity index (χ1) is 14.7. The van der Waals surface area contributed by atoms with Gasteiger partial charge in [-0.15, -0.1) is 0 Å². The number of likely N-dealkylation sites (N-methyl/N-ethyl adjacent to an activating group) is 1. The van der Waals surface area contributed by atoms with Crippen LogP contribution in [0.5, 0.6) is 0 Å². The summed E-state index contributed by atoms with van der Waals surface area (Å²) in [6.45, 7) is 1.52. The van der Waals surface area contributed by atoms with Crippen LogP contribution in [-0.2, 0) is 9.47 Å². The molecule has 1 aromatic carbocycles. The lowest BCUT2D eigenvalue weighted by Gasteiger charge is -2.23. The Morgan fingerprint density at radius 1 is 1.20 bits per heavy atom. The molecule has 0 amide bonds. The van der Waals surface area contributed by atoms with Gasteiger partial charge in [-0.05, 0) is 25.0 Å². The van der Waals surface area contributed by atoms with E-state index in [1.807, 2.05) is 18.0 Å². The van der Waals surface area contributed by atoms with E-state index in [9.17, 15) is 4.39 Å². The van der Waals surface area contributed by atoms with Gasteiger partial charge in [0.2, 0.25) is 11.7 Å². The number of rotatable bonds is 5. The van der Waals surface area contributed by atoms with Crippen molar-refractivity contribution in [2.75, 3.05) is 31.7 Å². The van der Waals surface area contributed by atoms with Crippen LogP contribution < -0.4 is 4.90 Å². The predicted octanol–water partition coefficient (Wildman–Crippen LogP) is 2.76. The summed E-state index contributed by atoms with van der Waals surface area (Å²) < 4.78 is 33.1. The Morgan fingerprint density at radius 2 is 2.03 bits per heavy atom. The Morgan fingerprint density at radius 3 is 2.83 bits per heavy atom. The normalized spacial score (nSPS) is 17.4. The number of ether oxygens (including phenoxy) is 2. The van der Waals surface area contributed by atoms with Crippen molar-refractivity contribution in [3.8, 4) is 11.5 Å². The van der Waals surface area contributed by atoms with E-state index >= 15 is 0 Å². The molecule has 0 unspecified atom stereocenters. The maximum Gasteiger partial charge on any atom is 0.230 e. The Kier molecular flexibility index (Phi) is 3.96. The smallest absolute Gasteiger partial charge is 0.230 e. The van der Waals surface area contributed by atoms with Gasteiger partial charge in [0.1, 0.15) is 18.0 Å². The third-order valence-electron chi connectivity index (χ3n) is 5.48. The van der Waals surface area contributed by atoms with E-state index in [1.54, 1.807) is 16.8 Å². The van der Waals surface area contributed by atoms with Crippen molar-refractivity contribution < 1.29 is 18.4 Å². The highest BCUT2D eigenvalue weighted by Gasteiger charge is 2.31. The molecule has 3 aromatic heterocycles. The average molecular weight is 410 g/mol. The summed E-state index contributed by atoms with van der Waals surface area (Å²) >= 11 is 0. The van der Waals surface area contributed by atoms with Crippen LogP contribution in [0.3, 0.4) is 0 Å². The van der Waals surface area contributed by atoms with Gasteiger partial charge in [-0.25, -0.2) is 14.4 Å². The van der Waals surface area contributed by atoms with Gasteiger partial charge in [0.05, 0.1) is 30.7 Å². The molecule has 0 atom stereocenters. The van der Waals surface area contributed by atoms with Gasteiger partial charge < -0.3 is 18.9 Å². The summed E-state index contributed by atoms with van der Waals surface area (Å²) in [5.41, 5.74) is 1.69. The summed E-state index contributed by atoms with van der Waals surface area (Å²) in [5.74, 6) is 1.48. The minimum absolute atomic E-state index is 0.344. The zero-order valence-corrected chi connectivity index (χ0v) is 16.3. The fraction of sp³-hybridized carbons (Fsp3) is 0.400. The molecule has 4 heterocycles. The van der Waals surface area contributed by atoms with Crippen molar-refractivity contribution in [3.05, 3.63) is 36.2 Å². The Balaban J connectivity index is 1.51. The van der Waals surface area contributed by atoms with Crippen LogP contribution in [0.15, 0.2) is 29.0 Å². The Labute approximate surface area is 170 Å². The summed E-state index contributed by atoms with van der Waals surface area (Å²) in [5, 5.41) is 4.50. The van der Waals surface area contributed by atoms with Gasteiger partial charge in [0.15, 0.2) is 17.6 Å². The molecule has 1 saturated carbocycles. The first kappa shape index (κ1) is 17.7. The molecule has 2 fully saturated rings. The summed E-state index contributed by atoms with van der Waals surface area (Å²) in [7, 11) is 1.84. The van der Waals surface area contributed by atoms with Crippen LogP contribution in [-0.4, -0.2) is 57.6 Å². The molecule has 4 aromatic rings. The molecule has 6 rings (SSSR count). The number of hydrogen-bond acceptors (Lipinski definition) is 8. The third kappa shape index (κ3) is 2.83. The van der Waals surface area contributed by atoms with Crippen molar-refractivity contribution in [1.29, 1.82) is 0 Å². The van der Waals surface area contributed by atoms with Gasteiger partial charge >= 0.3 is 0 Å². The largest absolute Gasteiger partial charge is 0.354 e. The van der Waals surface area contributed by atoms with Crippen LogP contribution in [0.1, 0.15) is 24.7 Å². The second kappa shape index (κ2) is 6.71. The van der Waals surface area contributed by atoms with E-state index in [2.05, 4.69) is 15.1 Å². The van der Waals surface area contributed by atoms with Crippen molar-refractivity contribution in [2.24, 2.45) is 0 Å². The fourth-order valence-corrected chi connectivity index (χ4v) is 3.80. The van der Waals surface area contributed by atoms with E-state index in [0.717, 1.165) is 12.8 Å². The standard InChI is InChI=1S/C20H19FN6O3/c1-26(9-14-28-7-8-29-14)18-15-12(21)3-2-4-13(15)27-10-22-16(19(27)24-18)17-23-20(30-25-17)11-5-6-11/h2-4,10-11,14H,5-9H2,1H3. The van der Waals surface area contributed by atoms with E-state index in [4.69, 9.17) is 19.0 Å². The number of aromatic nitrogens is 5. The number of halogens is 1. The van der Waals surface area contributed by atoms with Crippen LogP contribution in [0.4, 0.5) is 10.2 Å². The van der Waals surface area contributed by atoms with Gasteiger partial charge in [-0.2, -0.15) is 4.98 Å². The number of hydrogen-bond donors (Lipinski definition) is 0. The lowest BCUT2D eigenvalue weighted by atomic mass is 10.2. The minimum Gasteiger partial charge on any atom is -0.354 e. The monoisotopic (exact) mass is 410 g/mol. The van der Waals surface area contributed by atoms with Gasteiger partial charge in [-0.1, -0.05) is 11.2 Å². The van der Waals surface area contributed by atoms with Crippen molar-refractivity contribution in [3.63, 3.8) is 0 Å². The molecule has 10 heteroatoms. The number of anilines is 1. The lowest BCUT2D eigenvalue weighted by molar-refractivity contribution is -0.0336. The quantitative estimate of drug-likeness (QED) is 0.496. The highest BCUT2D eigenvalue weighted by molar-refractivity contribution is 5.94. The molecule has 0 bridgehead atoms. The van der Waals surface area contributed by atoms with Gasteiger partial charge in [0.25, 0.3) is 0 Å². The number of nitrogens with zero attached hydrogens (tertiary/aromatic N) is 6. The molecular weight excluding hydrogens is 391 g/mol. The Bertz CT molecular complexity index is 1240. The summed E-state index contributed by atoms with van der Waals surface area (Å²) in [4.78, 5) is 15.6. The number of benzene rings is 1. The van der Waals surface area contributed by atoms with Crippen molar-refractivity contribution in [2.45, 2.75) is 25.0 Å². The van der Waals surface area contributed by atoms with Gasteiger partial charge in [0, 0.05) is 13.0 Å². The van der Waals surface area contributed by atoms with Crippen molar-refractivity contribution in [1.82, 2.24) is 24.5 Å². The maximum atomic E-state index is 14.9. The van der Waals surface area contributed by atoms with Crippen LogP contribution >= 0.6 is 0 Å². The molecule has 2 aliphatic rings. The molecule has 154 valence electrons. The zero-order valence-electron chi connectivity index (χ0n) is 16.3. The first-order valence-electron chi connectivity index (χ1n) is 9.92. The first-order valence-corrected chi connectivity index (χ1v) is 9.92. The van der Waals surface area contributed by atoms with E-state index in [1.165, 1.54) is 6.07 Å². The topological polar surface area (TPSA) is 90.8 Å². The van der Waals surface area contributed by atoms with Crippen molar-refractivity contribution >= 4 is 22.4 Å². The SMILES string of the molecule is CN(CC1OCCO1)c1nc2c(-c3noc(C4CC4)n3)ncn2c2cccc(F)c12. The molecule has 0 radical (unpaired) electrons. The highest BCUT2D eigenvalue weighted by atomic mass is 19.1. The Hall–Kier alpha value is -3.11. The number of fused-ring (bicyclic) bond motifs is 3. The maximum absolute atomic E-state index is 14.9. The molecular formula is C20H19FN6O3. The van der Waals surface area contributed by atoms with Crippen LogP contribution in [0.25, 0.3) is 28.1 Å². The average Bonchev–Trinajstić information content (AvgIpc) is 3.13. The molecule has 0 spiro atoms. The second-order valence-electron chi connectivity index (χ2n) is 7.64. The van der Waals surface area contributed by atoms with E-state index in [-0.39, 0.29) is 12.1 Å². The highest BCUT2D eigenvalue weighted by Crippen LogP contribution is 2.40. The third-order valence-corrected chi connectivity index (χ3v) is 5.48.